The van der Waals surface area contributed by atoms with E-state index in [1.165, 1.54) is 5.56 Å². The van der Waals surface area contributed by atoms with Crippen LogP contribution in [0.5, 0.6) is 0 Å². The van der Waals surface area contributed by atoms with Gasteiger partial charge in [0.15, 0.2) is 0 Å². The Morgan fingerprint density at radius 1 is 1.43 bits per heavy atom. The van der Waals surface area contributed by atoms with E-state index in [0.29, 0.717) is 18.4 Å². The molecular weight excluding hydrogens is 266 g/mol. The highest BCUT2D eigenvalue weighted by Crippen LogP contribution is 2.36. The summed E-state index contributed by atoms with van der Waals surface area (Å²) in [4.78, 5) is 18.0. The Morgan fingerprint density at radius 3 is 2.95 bits per heavy atom. The Morgan fingerprint density at radius 2 is 2.24 bits per heavy atom. The molecule has 1 N–H and O–H groups in total. The molecule has 0 saturated carbocycles. The van der Waals surface area contributed by atoms with E-state index >= 15 is 0 Å². The molecule has 0 radical (unpaired) electrons. The van der Waals surface area contributed by atoms with E-state index in [0.717, 1.165) is 32.6 Å². The minimum atomic E-state index is 0.150. The third kappa shape index (κ3) is 3.24. The Hall–Kier alpha value is -1.46. The van der Waals surface area contributed by atoms with Gasteiger partial charge in [-0.1, -0.05) is 0 Å². The molecule has 2 aliphatic rings. The van der Waals surface area contributed by atoms with Gasteiger partial charge in [-0.25, -0.2) is 0 Å². The predicted octanol–water partition coefficient (Wildman–Crippen LogP) is 1.37. The molecule has 1 aromatic rings. The molecule has 0 aliphatic carbocycles. The van der Waals surface area contributed by atoms with Gasteiger partial charge in [-0.15, -0.1) is 0 Å². The van der Waals surface area contributed by atoms with E-state index in [1.807, 2.05) is 24.1 Å². The molecule has 0 spiro atoms. The number of likely N-dealkylation sites (tertiary alicyclic amines) is 1. The van der Waals surface area contributed by atoms with Crippen molar-refractivity contribution < 1.29 is 9.53 Å². The van der Waals surface area contributed by atoms with Crippen LogP contribution in [0.15, 0.2) is 24.5 Å². The van der Waals surface area contributed by atoms with E-state index in [4.69, 9.17) is 4.74 Å². The molecule has 0 bridgehead atoms. The average molecular weight is 289 g/mol. The van der Waals surface area contributed by atoms with Crippen molar-refractivity contribution in [1.29, 1.82) is 0 Å². The molecule has 1 aromatic heterocycles. The Labute approximate surface area is 125 Å². The summed E-state index contributed by atoms with van der Waals surface area (Å²) in [6.07, 6.45) is 6.49. The number of hydrogen-bond acceptors (Lipinski definition) is 4. The van der Waals surface area contributed by atoms with Crippen LogP contribution in [0.3, 0.4) is 0 Å². The highest BCUT2D eigenvalue weighted by molar-refractivity contribution is 5.79. The van der Waals surface area contributed by atoms with Crippen LogP contribution in [0.25, 0.3) is 0 Å². The van der Waals surface area contributed by atoms with Crippen LogP contribution in [0, 0.1) is 5.92 Å². The lowest BCUT2D eigenvalue weighted by Gasteiger charge is -2.28. The summed E-state index contributed by atoms with van der Waals surface area (Å²) >= 11 is 0. The molecule has 3 heterocycles. The fourth-order valence-corrected chi connectivity index (χ4v) is 3.41. The van der Waals surface area contributed by atoms with Crippen LogP contribution in [0.2, 0.25) is 0 Å². The number of pyridine rings is 1. The second-order valence-corrected chi connectivity index (χ2v) is 6.02. The van der Waals surface area contributed by atoms with Gasteiger partial charge < -0.3 is 15.0 Å². The van der Waals surface area contributed by atoms with E-state index < -0.39 is 0 Å². The summed E-state index contributed by atoms with van der Waals surface area (Å²) in [7, 11) is 1.90. The summed E-state index contributed by atoms with van der Waals surface area (Å²) in [5, 5.41) is 3.58. The minimum absolute atomic E-state index is 0.150. The van der Waals surface area contributed by atoms with Gasteiger partial charge in [-0.05, 0) is 30.5 Å². The summed E-state index contributed by atoms with van der Waals surface area (Å²) in [5.41, 5.74) is 1.17. The van der Waals surface area contributed by atoms with Crippen LogP contribution in [-0.4, -0.2) is 48.6 Å². The fraction of sp³-hybridized carbons (Fsp3) is 0.625. The number of aromatic nitrogens is 1. The van der Waals surface area contributed by atoms with Crippen molar-refractivity contribution in [2.45, 2.75) is 31.3 Å². The lowest BCUT2D eigenvalue weighted by Crippen LogP contribution is -2.40. The zero-order chi connectivity index (χ0) is 14.7. The first-order valence-electron chi connectivity index (χ1n) is 7.72. The van der Waals surface area contributed by atoms with Crippen LogP contribution in [0.1, 0.15) is 30.9 Å². The molecule has 2 fully saturated rings. The number of rotatable bonds is 4. The summed E-state index contributed by atoms with van der Waals surface area (Å²) in [6.45, 7) is 2.52. The van der Waals surface area contributed by atoms with E-state index in [2.05, 4.69) is 10.3 Å². The van der Waals surface area contributed by atoms with Gasteiger partial charge in [0, 0.05) is 51.0 Å². The zero-order valence-corrected chi connectivity index (χ0v) is 12.5. The van der Waals surface area contributed by atoms with E-state index in [1.54, 1.807) is 12.4 Å². The third-order valence-corrected chi connectivity index (χ3v) is 4.57. The van der Waals surface area contributed by atoms with Crippen LogP contribution in [0.4, 0.5) is 0 Å². The largest absolute Gasteiger partial charge is 0.380 e. The SMILES string of the molecule is CN1C(=O)C[C@@H](CNC2CCCOC2)[C@@H]1c1ccncc1. The van der Waals surface area contributed by atoms with Crippen molar-refractivity contribution in [2.24, 2.45) is 5.92 Å². The molecule has 2 aliphatic heterocycles. The second kappa shape index (κ2) is 6.54. The molecular formula is C16H23N3O2. The van der Waals surface area contributed by atoms with Gasteiger partial charge in [-0.2, -0.15) is 0 Å². The number of carbonyl (C=O) groups excluding carboxylic acids is 1. The normalized spacial score (nSPS) is 29.9. The maximum absolute atomic E-state index is 12.1. The molecule has 21 heavy (non-hydrogen) atoms. The molecule has 0 aromatic carbocycles. The summed E-state index contributed by atoms with van der Waals surface area (Å²) < 4.78 is 5.50. The van der Waals surface area contributed by atoms with Gasteiger partial charge in [0.2, 0.25) is 5.91 Å². The van der Waals surface area contributed by atoms with Gasteiger partial charge in [-0.3, -0.25) is 9.78 Å². The lowest BCUT2D eigenvalue weighted by molar-refractivity contribution is -0.127. The molecule has 1 amide bonds. The molecule has 5 nitrogen and oxygen atoms in total. The van der Waals surface area contributed by atoms with E-state index in [9.17, 15) is 4.79 Å². The predicted molar refractivity (Wildman–Crippen MR) is 79.7 cm³/mol. The quantitative estimate of drug-likeness (QED) is 0.909. The van der Waals surface area contributed by atoms with Gasteiger partial charge in [0.1, 0.15) is 0 Å². The molecule has 5 heteroatoms. The van der Waals surface area contributed by atoms with Crippen molar-refractivity contribution >= 4 is 5.91 Å². The summed E-state index contributed by atoms with van der Waals surface area (Å²) in [5.74, 6) is 0.537. The summed E-state index contributed by atoms with van der Waals surface area (Å²) in [6, 6.07) is 4.60. The van der Waals surface area contributed by atoms with Crippen molar-refractivity contribution in [3.8, 4) is 0 Å². The smallest absolute Gasteiger partial charge is 0.223 e. The van der Waals surface area contributed by atoms with Crippen molar-refractivity contribution in [2.75, 3.05) is 26.8 Å². The highest BCUT2D eigenvalue weighted by Gasteiger charge is 2.38. The third-order valence-electron chi connectivity index (χ3n) is 4.57. The lowest BCUT2D eigenvalue weighted by atomic mass is 9.94. The monoisotopic (exact) mass is 289 g/mol. The number of carbonyl (C=O) groups is 1. The Kier molecular flexibility index (Phi) is 4.51. The van der Waals surface area contributed by atoms with Gasteiger partial charge in [0.25, 0.3) is 0 Å². The number of ether oxygens (including phenoxy) is 1. The first-order valence-corrected chi connectivity index (χ1v) is 7.72. The van der Waals surface area contributed by atoms with E-state index in [-0.39, 0.29) is 11.9 Å². The first kappa shape index (κ1) is 14.5. The molecule has 1 unspecified atom stereocenters. The molecule has 3 rings (SSSR count). The van der Waals surface area contributed by atoms with Crippen LogP contribution >= 0.6 is 0 Å². The fourth-order valence-electron chi connectivity index (χ4n) is 3.41. The molecule has 3 atom stereocenters. The number of nitrogens with zero attached hydrogens (tertiary/aromatic N) is 2. The van der Waals surface area contributed by atoms with Crippen molar-refractivity contribution in [3.05, 3.63) is 30.1 Å². The van der Waals surface area contributed by atoms with Gasteiger partial charge in [0.05, 0.1) is 12.6 Å². The zero-order valence-electron chi connectivity index (χ0n) is 12.5. The Balaban J connectivity index is 1.66. The maximum Gasteiger partial charge on any atom is 0.223 e. The van der Waals surface area contributed by atoms with Crippen molar-refractivity contribution in [3.63, 3.8) is 0 Å². The van der Waals surface area contributed by atoms with Crippen LogP contribution < -0.4 is 5.32 Å². The highest BCUT2D eigenvalue weighted by atomic mass is 16.5. The number of hydrogen-bond donors (Lipinski definition) is 1. The number of nitrogens with one attached hydrogen (secondary N) is 1. The van der Waals surface area contributed by atoms with Crippen molar-refractivity contribution in [1.82, 2.24) is 15.2 Å². The topological polar surface area (TPSA) is 54.5 Å². The molecule has 114 valence electrons. The first-order chi connectivity index (χ1) is 10.3. The van der Waals surface area contributed by atoms with Gasteiger partial charge >= 0.3 is 0 Å². The van der Waals surface area contributed by atoms with Crippen LogP contribution in [-0.2, 0) is 9.53 Å². The average Bonchev–Trinajstić information content (AvgIpc) is 2.82. The second-order valence-electron chi connectivity index (χ2n) is 6.02. The molecule has 2 saturated heterocycles. The standard InChI is InChI=1S/C16H23N3O2/c1-19-15(20)9-13(10-18-14-3-2-8-21-11-14)16(19)12-4-6-17-7-5-12/h4-7,13-14,16,18H,2-3,8-11H2,1H3/t13-,14?,16-/m0/s1. The Bertz CT molecular complexity index is 474. The minimum Gasteiger partial charge on any atom is -0.380 e. The maximum atomic E-state index is 12.1. The number of amides is 1.